The normalized spacial score (nSPS) is 29.1. The summed E-state index contributed by atoms with van der Waals surface area (Å²) >= 11 is 3.45. The second-order valence-electron chi connectivity index (χ2n) is 4.79. The maximum absolute atomic E-state index is 12.6. The monoisotopic (exact) mass is 340 g/mol. The van der Waals surface area contributed by atoms with E-state index < -0.39 is 10.2 Å². The first kappa shape index (κ1) is 14.7. The van der Waals surface area contributed by atoms with Gasteiger partial charge in [0.2, 0.25) is 0 Å². The maximum atomic E-state index is 12.6. The second kappa shape index (κ2) is 6.65. The van der Waals surface area contributed by atoms with Crippen molar-refractivity contribution in [1.29, 1.82) is 0 Å². The molecule has 2 saturated heterocycles. The van der Waals surface area contributed by atoms with Gasteiger partial charge in [0, 0.05) is 31.0 Å². The van der Waals surface area contributed by atoms with Gasteiger partial charge in [-0.25, -0.2) is 0 Å². The Hall–Kier alpha value is 0.310. The predicted octanol–water partition coefficient (Wildman–Crippen LogP) is 1.20. The fourth-order valence-corrected chi connectivity index (χ4v) is 5.22. The predicted molar refractivity (Wildman–Crippen MR) is 74.1 cm³/mol. The lowest BCUT2D eigenvalue weighted by Gasteiger charge is -2.35. The van der Waals surface area contributed by atoms with Gasteiger partial charge < -0.3 is 4.74 Å². The summed E-state index contributed by atoms with van der Waals surface area (Å²) in [5.74, 6) is 0. The van der Waals surface area contributed by atoms with Gasteiger partial charge in [0.05, 0.1) is 13.2 Å². The van der Waals surface area contributed by atoms with Crippen molar-refractivity contribution < 1.29 is 13.2 Å². The van der Waals surface area contributed by atoms with Gasteiger partial charge >= 0.3 is 0 Å². The molecule has 0 aromatic rings. The summed E-state index contributed by atoms with van der Waals surface area (Å²) in [6, 6.07) is 0.0975. The van der Waals surface area contributed by atoms with E-state index in [2.05, 4.69) is 15.9 Å². The quantitative estimate of drug-likeness (QED) is 0.725. The molecule has 0 spiro atoms. The van der Waals surface area contributed by atoms with Crippen molar-refractivity contribution in [3.63, 3.8) is 0 Å². The molecule has 1 unspecified atom stereocenters. The largest absolute Gasteiger partial charge is 0.379 e. The average molecular weight is 341 g/mol. The van der Waals surface area contributed by atoms with Crippen LogP contribution in [-0.2, 0) is 14.9 Å². The van der Waals surface area contributed by atoms with E-state index in [1.165, 1.54) is 0 Å². The van der Waals surface area contributed by atoms with Crippen LogP contribution in [-0.4, -0.2) is 61.2 Å². The van der Waals surface area contributed by atoms with Gasteiger partial charge in [0.15, 0.2) is 0 Å². The van der Waals surface area contributed by atoms with Crippen LogP contribution in [0.15, 0.2) is 0 Å². The minimum absolute atomic E-state index is 0.0975. The Kier molecular flexibility index (Phi) is 5.44. The fraction of sp³-hybridized carbons (Fsp3) is 1.00. The van der Waals surface area contributed by atoms with E-state index in [1.54, 1.807) is 8.61 Å². The van der Waals surface area contributed by atoms with Crippen molar-refractivity contribution in [2.24, 2.45) is 0 Å². The molecule has 18 heavy (non-hydrogen) atoms. The minimum atomic E-state index is -3.31. The average Bonchev–Trinajstić information content (AvgIpc) is 2.65. The third kappa shape index (κ3) is 3.25. The lowest BCUT2D eigenvalue weighted by atomic mass is 10.1. The van der Waals surface area contributed by atoms with E-state index in [4.69, 9.17) is 4.74 Å². The van der Waals surface area contributed by atoms with Gasteiger partial charge in [-0.3, -0.25) is 0 Å². The smallest absolute Gasteiger partial charge is 0.282 e. The van der Waals surface area contributed by atoms with Crippen LogP contribution in [0.5, 0.6) is 0 Å². The number of alkyl halides is 1. The lowest BCUT2D eigenvalue weighted by molar-refractivity contribution is 0.0694. The van der Waals surface area contributed by atoms with Gasteiger partial charge in [-0.05, 0) is 12.8 Å². The highest BCUT2D eigenvalue weighted by molar-refractivity contribution is 9.09. The van der Waals surface area contributed by atoms with Crippen LogP contribution in [0, 0.1) is 0 Å². The first-order valence-corrected chi connectivity index (χ1v) is 9.08. The number of hydrogen-bond donors (Lipinski definition) is 0. The van der Waals surface area contributed by atoms with Gasteiger partial charge in [-0.2, -0.15) is 17.0 Å². The zero-order valence-corrected chi connectivity index (χ0v) is 13.0. The fourth-order valence-electron chi connectivity index (χ4n) is 2.53. The highest BCUT2D eigenvalue weighted by Crippen LogP contribution is 2.23. The standard InChI is InChI=1S/C11H21BrN2O3S/c12-10-11-4-2-1-3-5-14(11)18(15,16)13-6-8-17-9-7-13/h11H,1-10H2. The van der Waals surface area contributed by atoms with E-state index in [0.717, 1.165) is 31.0 Å². The van der Waals surface area contributed by atoms with Crippen LogP contribution >= 0.6 is 15.9 Å². The number of hydrogen-bond acceptors (Lipinski definition) is 3. The molecule has 0 bridgehead atoms. The number of nitrogens with zero attached hydrogens (tertiary/aromatic N) is 2. The highest BCUT2D eigenvalue weighted by Gasteiger charge is 2.35. The van der Waals surface area contributed by atoms with Crippen molar-refractivity contribution in [3.8, 4) is 0 Å². The molecule has 0 aliphatic carbocycles. The molecule has 2 rings (SSSR count). The van der Waals surface area contributed by atoms with E-state index in [0.29, 0.717) is 32.8 Å². The first-order valence-electron chi connectivity index (χ1n) is 6.57. The van der Waals surface area contributed by atoms with Crippen LogP contribution in [0.1, 0.15) is 25.7 Å². The van der Waals surface area contributed by atoms with Crippen LogP contribution < -0.4 is 0 Å². The molecule has 2 heterocycles. The number of morpholine rings is 1. The minimum Gasteiger partial charge on any atom is -0.379 e. The summed E-state index contributed by atoms with van der Waals surface area (Å²) in [5, 5.41) is 0.719. The first-order chi connectivity index (χ1) is 8.66. The zero-order chi connectivity index (χ0) is 13.0. The molecule has 7 heteroatoms. The SMILES string of the molecule is O=S(=O)(N1CCOCC1)N1CCCCCC1CBr. The van der Waals surface area contributed by atoms with Crippen molar-refractivity contribution in [3.05, 3.63) is 0 Å². The van der Waals surface area contributed by atoms with Gasteiger partial charge in [0.25, 0.3) is 10.2 Å². The van der Waals surface area contributed by atoms with Gasteiger partial charge in [-0.15, -0.1) is 0 Å². The molecule has 0 aromatic heterocycles. The third-order valence-corrected chi connectivity index (χ3v) is 6.43. The van der Waals surface area contributed by atoms with Gasteiger partial charge in [-0.1, -0.05) is 28.8 Å². The Bertz CT molecular complexity index is 357. The Morgan fingerprint density at radius 1 is 1.11 bits per heavy atom. The van der Waals surface area contributed by atoms with E-state index in [9.17, 15) is 8.42 Å². The Labute approximate surface area is 118 Å². The zero-order valence-electron chi connectivity index (χ0n) is 10.6. The lowest BCUT2D eigenvalue weighted by Crippen LogP contribution is -2.52. The van der Waals surface area contributed by atoms with Crippen molar-refractivity contribution in [1.82, 2.24) is 8.61 Å². The molecule has 2 aliphatic heterocycles. The summed E-state index contributed by atoms with van der Waals surface area (Å²) in [6.07, 6.45) is 4.16. The Morgan fingerprint density at radius 2 is 1.83 bits per heavy atom. The summed E-state index contributed by atoms with van der Waals surface area (Å²) < 4.78 is 33.8. The Balaban J connectivity index is 2.14. The summed E-state index contributed by atoms with van der Waals surface area (Å²) in [6.45, 7) is 2.62. The van der Waals surface area contributed by atoms with Crippen molar-refractivity contribution >= 4 is 26.1 Å². The molecule has 0 saturated carbocycles. The molecule has 0 radical (unpaired) electrons. The topological polar surface area (TPSA) is 49.9 Å². The molecular weight excluding hydrogens is 320 g/mol. The molecular formula is C11H21BrN2O3S. The van der Waals surface area contributed by atoms with E-state index in [1.807, 2.05) is 0 Å². The number of halogens is 1. The molecule has 5 nitrogen and oxygen atoms in total. The summed E-state index contributed by atoms with van der Waals surface area (Å²) in [4.78, 5) is 0. The molecule has 1 atom stereocenters. The van der Waals surface area contributed by atoms with Crippen LogP contribution in [0.3, 0.4) is 0 Å². The maximum Gasteiger partial charge on any atom is 0.282 e. The van der Waals surface area contributed by atoms with Crippen LogP contribution in [0.25, 0.3) is 0 Å². The molecule has 2 fully saturated rings. The van der Waals surface area contributed by atoms with E-state index >= 15 is 0 Å². The Morgan fingerprint density at radius 3 is 2.50 bits per heavy atom. The van der Waals surface area contributed by atoms with Crippen molar-refractivity contribution in [2.75, 3.05) is 38.2 Å². The van der Waals surface area contributed by atoms with E-state index in [-0.39, 0.29) is 6.04 Å². The molecule has 0 N–H and O–H groups in total. The molecule has 106 valence electrons. The number of rotatable bonds is 3. The summed E-state index contributed by atoms with van der Waals surface area (Å²) in [7, 11) is -3.31. The summed E-state index contributed by atoms with van der Waals surface area (Å²) in [5.41, 5.74) is 0. The van der Waals surface area contributed by atoms with Gasteiger partial charge in [0.1, 0.15) is 0 Å². The molecule has 2 aliphatic rings. The number of ether oxygens (including phenoxy) is 1. The highest BCUT2D eigenvalue weighted by atomic mass is 79.9. The molecule has 0 aromatic carbocycles. The van der Waals surface area contributed by atoms with Crippen LogP contribution in [0.2, 0.25) is 0 Å². The third-order valence-electron chi connectivity index (χ3n) is 3.59. The molecule has 0 amide bonds. The second-order valence-corrected chi connectivity index (χ2v) is 7.32. The van der Waals surface area contributed by atoms with Crippen LogP contribution in [0.4, 0.5) is 0 Å². The van der Waals surface area contributed by atoms with Crippen molar-refractivity contribution in [2.45, 2.75) is 31.7 Å².